The zero-order valence-electron chi connectivity index (χ0n) is 12.1. The lowest BCUT2D eigenvalue weighted by molar-refractivity contribution is 0.535. The van der Waals surface area contributed by atoms with Gasteiger partial charge in [0.05, 0.1) is 6.04 Å². The smallest absolute Gasteiger partial charge is 0.109 e. The molecule has 0 unspecified atom stereocenters. The number of aromatic nitrogens is 2. The Labute approximate surface area is 133 Å². The van der Waals surface area contributed by atoms with Crippen LogP contribution in [0.25, 0.3) is 10.9 Å². The molecule has 0 fully saturated rings. The van der Waals surface area contributed by atoms with Crippen LogP contribution in [-0.2, 0) is 6.54 Å². The normalized spacial score (nSPS) is 12.9. The molecule has 0 aliphatic carbocycles. The van der Waals surface area contributed by atoms with Crippen molar-refractivity contribution < 1.29 is 0 Å². The highest BCUT2D eigenvalue weighted by Crippen LogP contribution is 2.21. The molecule has 3 nitrogen and oxygen atoms in total. The minimum Gasteiger partial charge on any atom is -0.346 e. The predicted molar refractivity (Wildman–Crippen MR) is 90.2 cm³/mol. The molecule has 5 heteroatoms. The van der Waals surface area contributed by atoms with Gasteiger partial charge in [-0.25, -0.2) is 4.98 Å². The van der Waals surface area contributed by atoms with E-state index in [0.717, 1.165) is 23.1 Å². The molecular formula is C16H18ClN3S. The van der Waals surface area contributed by atoms with Gasteiger partial charge in [-0.15, -0.1) is 11.3 Å². The van der Waals surface area contributed by atoms with Gasteiger partial charge in [0, 0.05) is 46.3 Å². The molecule has 1 aromatic carbocycles. The molecule has 0 spiro atoms. The van der Waals surface area contributed by atoms with Crippen molar-refractivity contribution in [3.05, 3.63) is 51.6 Å². The quantitative estimate of drug-likeness (QED) is 0.755. The number of nitrogens with zero attached hydrogens (tertiary/aromatic N) is 2. The summed E-state index contributed by atoms with van der Waals surface area (Å²) >= 11 is 7.77. The third kappa shape index (κ3) is 3.28. The van der Waals surface area contributed by atoms with Crippen LogP contribution in [0, 0.1) is 6.92 Å². The second kappa shape index (κ2) is 6.18. The molecule has 3 rings (SSSR count). The van der Waals surface area contributed by atoms with E-state index in [1.165, 1.54) is 15.8 Å². The number of halogens is 1. The van der Waals surface area contributed by atoms with E-state index in [0.29, 0.717) is 6.04 Å². The highest BCUT2D eigenvalue weighted by molar-refractivity contribution is 7.11. The van der Waals surface area contributed by atoms with Gasteiger partial charge >= 0.3 is 0 Å². The Bertz CT molecular complexity index is 747. The average molecular weight is 320 g/mol. The van der Waals surface area contributed by atoms with Crippen LogP contribution >= 0.6 is 22.9 Å². The second-order valence-electron chi connectivity index (χ2n) is 5.20. The van der Waals surface area contributed by atoms with Crippen molar-refractivity contribution in [1.82, 2.24) is 14.9 Å². The average Bonchev–Trinajstić information content (AvgIpc) is 3.05. The minimum absolute atomic E-state index is 0.292. The first-order valence-electron chi connectivity index (χ1n) is 7.03. The fourth-order valence-electron chi connectivity index (χ4n) is 2.43. The third-order valence-corrected chi connectivity index (χ3v) is 4.88. The summed E-state index contributed by atoms with van der Waals surface area (Å²) in [7, 11) is 0. The Balaban J connectivity index is 1.62. The second-order valence-corrected chi connectivity index (χ2v) is 6.90. The summed E-state index contributed by atoms with van der Waals surface area (Å²) in [5, 5.41) is 6.65. The van der Waals surface area contributed by atoms with Crippen molar-refractivity contribution >= 4 is 33.8 Å². The Morgan fingerprint density at radius 2 is 2.24 bits per heavy atom. The predicted octanol–water partition coefficient (Wildman–Crippen LogP) is 4.41. The van der Waals surface area contributed by atoms with E-state index in [9.17, 15) is 0 Å². The van der Waals surface area contributed by atoms with E-state index in [2.05, 4.69) is 47.0 Å². The molecule has 0 amide bonds. The SMILES string of the molecule is Cc1cnc([C@@H](C)NCCn2ccc3cc(Cl)ccc32)s1. The van der Waals surface area contributed by atoms with Gasteiger partial charge in [-0.1, -0.05) is 11.6 Å². The molecule has 1 N–H and O–H groups in total. The van der Waals surface area contributed by atoms with E-state index in [1.54, 1.807) is 11.3 Å². The van der Waals surface area contributed by atoms with Gasteiger partial charge in [0.1, 0.15) is 5.01 Å². The Morgan fingerprint density at radius 1 is 1.38 bits per heavy atom. The summed E-state index contributed by atoms with van der Waals surface area (Å²) < 4.78 is 2.25. The lowest BCUT2D eigenvalue weighted by Crippen LogP contribution is -2.23. The number of hydrogen-bond donors (Lipinski definition) is 1. The molecule has 0 bridgehead atoms. The summed E-state index contributed by atoms with van der Waals surface area (Å²) in [6.45, 7) is 6.09. The number of thiazole rings is 1. The van der Waals surface area contributed by atoms with Crippen molar-refractivity contribution in [3.8, 4) is 0 Å². The van der Waals surface area contributed by atoms with Crippen molar-refractivity contribution in [1.29, 1.82) is 0 Å². The van der Waals surface area contributed by atoms with Crippen LogP contribution in [0.4, 0.5) is 0 Å². The maximum Gasteiger partial charge on any atom is 0.109 e. The fraction of sp³-hybridized carbons (Fsp3) is 0.312. The molecule has 0 saturated heterocycles. The number of fused-ring (bicyclic) bond motifs is 1. The molecule has 110 valence electrons. The molecule has 0 aliphatic rings. The van der Waals surface area contributed by atoms with Crippen molar-refractivity contribution in [3.63, 3.8) is 0 Å². The van der Waals surface area contributed by atoms with Gasteiger partial charge < -0.3 is 9.88 Å². The minimum atomic E-state index is 0.292. The summed E-state index contributed by atoms with van der Waals surface area (Å²) in [6.07, 6.45) is 4.04. The van der Waals surface area contributed by atoms with Gasteiger partial charge in [-0.3, -0.25) is 0 Å². The zero-order valence-corrected chi connectivity index (χ0v) is 13.7. The number of nitrogens with one attached hydrogen (secondary N) is 1. The highest BCUT2D eigenvalue weighted by Gasteiger charge is 2.08. The van der Waals surface area contributed by atoms with Gasteiger partial charge in [0.2, 0.25) is 0 Å². The van der Waals surface area contributed by atoms with Crippen LogP contribution in [0.3, 0.4) is 0 Å². The number of benzene rings is 1. The maximum absolute atomic E-state index is 6.02. The fourth-order valence-corrected chi connectivity index (χ4v) is 3.41. The lowest BCUT2D eigenvalue weighted by atomic mass is 10.2. The van der Waals surface area contributed by atoms with Gasteiger partial charge in [0.25, 0.3) is 0 Å². The van der Waals surface area contributed by atoms with Crippen LogP contribution in [0.1, 0.15) is 22.9 Å². The molecule has 21 heavy (non-hydrogen) atoms. The third-order valence-electron chi connectivity index (χ3n) is 3.55. The molecular weight excluding hydrogens is 302 g/mol. The van der Waals surface area contributed by atoms with Gasteiger partial charge in [0.15, 0.2) is 0 Å². The first kappa shape index (κ1) is 14.6. The van der Waals surface area contributed by atoms with Crippen LogP contribution in [0.5, 0.6) is 0 Å². The molecule has 0 aliphatic heterocycles. The van der Waals surface area contributed by atoms with E-state index >= 15 is 0 Å². The molecule has 2 aromatic heterocycles. The van der Waals surface area contributed by atoms with E-state index < -0.39 is 0 Å². The van der Waals surface area contributed by atoms with Gasteiger partial charge in [-0.05, 0) is 38.1 Å². The van der Waals surface area contributed by atoms with Crippen LogP contribution < -0.4 is 5.32 Å². The Morgan fingerprint density at radius 3 is 3.00 bits per heavy atom. The first-order chi connectivity index (χ1) is 10.1. The standard InChI is InChI=1S/C16H18ClN3S/c1-11-10-19-16(21-11)12(2)18-6-8-20-7-5-13-9-14(17)3-4-15(13)20/h3-5,7,9-10,12,18H,6,8H2,1-2H3/t12-/m1/s1. The monoisotopic (exact) mass is 319 g/mol. The summed E-state index contributed by atoms with van der Waals surface area (Å²) in [5.41, 5.74) is 1.22. The number of hydrogen-bond acceptors (Lipinski definition) is 3. The lowest BCUT2D eigenvalue weighted by Gasteiger charge is -2.12. The largest absolute Gasteiger partial charge is 0.346 e. The van der Waals surface area contributed by atoms with E-state index in [4.69, 9.17) is 11.6 Å². The van der Waals surface area contributed by atoms with Gasteiger partial charge in [-0.2, -0.15) is 0 Å². The van der Waals surface area contributed by atoms with Crippen molar-refractivity contribution in [2.75, 3.05) is 6.54 Å². The highest BCUT2D eigenvalue weighted by atomic mass is 35.5. The van der Waals surface area contributed by atoms with Crippen LogP contribution in [-0.4, -0.2) is 16.1 Å². The number of aryl methyl sites for hydroxylation is 1. The summed E-state index contributed by atoms with van der Waals surface area (Å²) in [4.78, 5) is 5.68. The summed E-state index contributed by atoms with van der Waals surface area (Å²) in [5.74, 6) is 0. The van der Waals surface area contributed by atoms with Crippen LogP contribution in [0.2, 0.25) is 5.02 Å². The van der Waals surface area contributed by atoms with E-state index in [-0.39, 0.29) is 0 Å². The topological polar surface area (TPSA) is 29.9 Å². The Kier molecular flexibility index (Phi) is 4.29. The van der Waals surface area contributed by atoms with E-state index in [1.807, 2.05) is 18.3 Å². The molecule has 3 aromatic rings. The van der Waals surface area contributed by atoms with Crippen molar-refractivity contribution in [2.45, 2.75) is 26.4 Å². The summed E-state index contributed by atoms with van der Waals surface area (Å²) in [6, 6.07) is 8.41. The maximum atomic E-state index is 6.02. The molecule has 0 saturated carbocycles. The molecule has 2 heterocycles. The number of rotatable bonds is 5. The molecule has 0 radical (unpaired) electrons. The Hall–Kier alpha value is -1.36. The molecule has 1 atom stereocenters. The zero-order chi connectivity index (χ0) is 14.8. The van der Waals surface area contributed by atoms with Crippen molar-refractivity contribution in [2.24, 2.45) is 0 Å². The van der Waals surface area contributed by atoms with Crippen LogP contribution in [0.15, 0.2) is 36.7 Å². The first-order valence-corrected chi connectivity index (χ1v) is 8.23.